The first-order valence-corrected chi connectivity index (χ1v) is 7.15. The molecule has 106 valence electrons. The number of nitrogens with zero attached hydrogens (tertiary/aromatic N) is 2. The molecule has 0 saturated carbocycles. The van der Waals surface area contributed by atoms with Crippen LogP contribution in [0.3, 0.4) is 0 Å². The first kappa shape index (κ1) is 14.5. The Bertz CT molecular complexity index is 590. The van der Waals surface area contributed by atoms with Gasteiger partial charge in [-0.25, -0.2) is 0 Å². The van der Waals surface area contributed by atoms with Gasteiger partial charge in [0.05, 0.1) is 13.0 Å². The lowest BCUT2D eigenvalue weighted by molar-refractivity contribution is -0.116. The Morgan fingerprint density at radius 3 is 2.50 bits per heavy atom. The van der Waals surface area contributed by atoms with Gasteiger partial charge in [0.2, 0.25) is 11.0 Å². The second-order valence-corrected chi connectivity index (χ2v) is 5.78. The Morgan fingerprint density at radius 1 is 1.20 bits per heavy atom. The van der Waals surface area contributed by atoms with Crippen molar-refractivity contribution in [1.82, 2.24) is 10.2 Å². The summed E-state index contributed by atoms with van der Waals surface area (Å²) < 4.78 is 5.59. The highest BCUT2D eigenvalue weighted by molar-refractivity contribution is 7.15. The van der Waals surface area contributed by atoms with Crippen molar-refractivity contribution in [3.63, 3.8) is 0 Å². The van der Waals surface area contributed by atoms with Crippen LogP contribution in [0.5, 0.6) is 5.75 Å². The molecule has 0 aliphatic heterocycles. The summed E-state index contributed by atoms with van der Waals surface area (Å²) in [5.74, 6) is 0.674. The zero-order valence-corrected chi connectivity index (χ0v) is 12.6. The topological polar surface area (TPSA) is 64.1 Å². The van der Waals surface area contributed by atoms with E-state index < -0.39 is 0 Å². The van der Waals surface area contributed by atoms with E-state index in [0.29, 0.717) is 11.7 Å². The van der Waals surface area contributed by atoms with Gasteiger partial charge in [0.1, 0.15) is 10.8 Å². The molecule has 0 unspecified atom stereocenters. The van der Waals surface area contributed by atoms with E-state index in [1.165, 1.54) is 11.3 Å². The summed E-state index contributed by atoms with van der Waals surface area (Å²) in [5.41, 5.74) is 2.29. The predicted molar refractivity (Wildman–Crippen MR) is 79.3 cm³/mol. The summed E-state index contributed by atoms with van der Waals surface area (Å²) in [6.45, 7) is 6.22. The zero-order valence-electron chi connectivity index (χ0n) is 11.8. The smallest absolute Gasteiger partial charge is 0.229 e. The number of carbonyl (C=O) groups is 1. The van der Waals surface area contributed by atoms with E-state index in [1.54, 1.807) is 0 Å². The molecule has 0 aliphatic rings. The quantitative estimate of drug-likeness (QED) is 0.920. The maximum atomic E-state index is 11.7. The maximum absolute atomic E-state index is 11.7. The average molecular weight is 291 g/mol. The van der Waals surface area contributed by atoms with E-state index in [2.05, 4.69) is 21.6 Å². The van der Waals surface area contributed by atoms with Gasteiger partial charge in [0.15, 0.2) is 0 Å². The van der Waals surface area contributed by atoms with Gasteiger partial charge in [-0.1, -0.05) is 17.4 Å². The summed E-state index contributed by atoms with van der Waals surface area (Å²) in [6.07, 6.45) is 0.283. The number of amides is 1. The minimum absolute atomic E-state index is 0.120. The van der Waals surface area contributed by atoms with Crippen molar-refractivity contribution in [2.24, 2.45) is 0 Å². The predicted octanol–water partition coefficient (Wildman–Crippen LogP) is 2.87. The van der Waals surface area contributed by atoms with Crippen LogP contribution in [0.2, 0.25) is 0 Å². The number of carbonyl (C=O) groups excluding carboxylic acids is 1. The van der Waals surface area contributed by atoms with Crippen molar-refractivity contribution in [1.29, 1.82) is 0 Å². The molecule has 1 amide bonds. The Morgan fingerprint density at radius 2 is 1.90 bits per heavy atom. The van der Waals surface area contributed by atoms with Crippen molar-refractivity contribution >= 4 is 22.4 Å². The van der Waals surface area contributed by atoms with Crippen molar-refractivity contribution < 1.29 is 9.53 Å². The van der Waals surface area contributed by atoms with Crippen LogP contribution in [-0.2, 0) is 4.79 Å². The Labute approximate surface area is 122 Å². The molecule has 0 atom stereocenters. The van der Waals surface area contributed by atoms with Crippen molar-refractivity contribution in [3.05, 3.63) is 34.3 Å². The molecule has 0 aliphatic carbocycles. The zero-order chi connectivity index (χ0) is 14.5. The molecule has 0 fully saturated rings. The molecule has 1 heterocycles. The van der Waals surface area contributed by atoms with E-state index in [4.69, 9.17) is 4.74 Å². The molecule has 20 heavy (non-hydrogen) atoms. The number of nitrogens with one attached hydrogen (secondary N) is 1. The molecular formula is C14H17N3O2S. The average Bonchev–Trinajstić information content (AvgIpc) is 2.73. The molecule has 2 aromatic rings. The van der Waals surface area contributed by atoms with Crippen LogP contribution in [-0.4, -0.2) is 22.7 Å². The fraction of sp³-hybridized carbons (Fsp3) is 0.357. The Balaban J connectivity index is 1.79. The summed E-state index contributed by atoms with van der Waals surface area (Å²) in [6, 6.07) is 6.00. The highest BCUT2D eigenvalue weighted by atomic mass is 32.1. The van der Waals surface area contributed by atoms with Gasteiger partial charge in [-0.3, -0.25) is 4.79 Å². The maximum Gasteiger partial charge on any atom is 0.229 e. The summed E-state index contributed by atoms with van der Waals surface area (Å²) in [4.78, 5) is 11.7. The Hall–Kier alpha value is -1.95. The molecule has 2 rings (SSSR count). The van der Waals surface area contributed by atoms with Gasteiger partial charge in [-0.05, 0) is 44.0 Å². The van der Waals surface area contributed by atoms with Crippen LogP contribution >= 0.6 is 11.3 Å². The monoisotopic (exact) mass is 291 g/mol. The highest BCUT2D eigenvalue weighted by Crippen LogP contribution is 2.17. The second kappa shape index (κ2) is 6.47. The van der Waals surface area contributed by atoms with Crippen LogP contribution in [0.25, 0.3) is 0 Å². The number of benzene rings is 1. The molecule has 0 spiro atoms. The molecule has 1 N–H and O–H groups in total. The van der Waals surface area contributed by atoms with Crippen LogP contribution in [0, 0.1) is 20.8 Å². The van der Waals surface area contributed by atoms with E-state index in [1.807, 2.05) is 32.9 Å². The summed E-state index contributed by atoms with van der Waals surface area (Å²) in [5, 5.41) is 11.7. The third-order valence-corrected chi connectivity index (χ3v) is 3.32. The van der Waals surface area contributed by atoms with Gasteiger partial charge in [0, 0.05) is 0 Å². The van der Waals surface area contributed by atoms with Crippen LogP contribution in [0.1, 0.15) is 22.6 Å². The third kappa shape index (κ3) is 4.31. The SMILES string of the molecule is Cc1cc(C)cc(OCCC(=O)Nc2nnc(C)s2)c1. The van der Waals surface area contributed by atoms with Gasteiger partial charge in [-0.15, -0.1) is 10.2 Å². The van der Waals surface area contributed by atoms with Crippen LogP contribution in [0.4, 0.5) is 5.13 Å². The van der Waals surface area contributed by atoms with E-state index in [9.17, 15) is 4.79 Å². The van der Waals surface area contributed by atoms with Gasteiger partial charge in [-0.2, -0.15) is 0 Å². The third-order valence-electron chi connectivity index (χ3n) is 2.57. The van der Waals surface area contributed by atoms with E-state index in [0.717, 1.165) is 21.9 Å². The first-order valence-electron chi connectivity index (χ1n) is 6.34. The molecule has 1 aromatic carbocycles. The number of hydrogen-bond donors (Lipinski definition) is 1. The minimum Gasteiger partial charge on any atom is -0.493 e. The van der Waals surface area contributed by atoms with Crippen LogP contribution < -0.4 is 10.1 Å². The summed E-state index contributed by atoms with van der Waals surface area (Å²) in [7, 11) is 0. The fourth-order valence-electron chi connectivity index (χ4n) is 1.81. The molecular weight excluding hydrogens is 274 g/mol. The minimum atomic E-state index is -0.120. The molecule has 0 bridgehead atoms. The molecule has 0 radical (unpaired) electrons. The van der Waals surface area contributed by atoms with Crippen molar-refractivity contribution in [3.8, 4) is 5.75 Å². The lowest BCUT2D eigenvalue weighted by Crippen LogP contribution is -2.15. The van der Waals surface area contributed by atoms with Crippen molar-refractivity contribution in [2.75, 3.05) is 11.9 Å². The van der Waals surface area contributed by atoms with E-state index >= 15 is 0 Å². The number of hydrogen-bond acceptors (Lipinski definition) is 5. The highest BCUT2D eigenvalue weighted by Gasteiger charge is 2.06. The Kier molecular flexibility index (Phi) is 4.68. The lowest BCUT2D eigenvalue weighted by Gasteiger charge is -2.07. The number of aryl methyl sites for hydroxylation is 3. The van der Waals surface area contributed by atoms with Gasteiger partial charge >= 0.3 is 0 Å². The van der Waals surface area contributed by atoms with E-state index in [-0.39, 0.29) is 12.3 Å². The van der Waals surface area contributed by atoms with Gasteiger partial charge < -0.3 is 10.1 Å². The number of aromatic nitrogens is 2. The van der Waals surface area contributed by atoms with Gasteiger partial charge in [0.25, 0.3) is 0 Å². The molecule has 1 aromatic heterocycles. The normalized spacial score (nSPS) is 10.3. The molecule has 5 nitrogen and oxygen atoms in total. The first-order chi connectivity index (χ1) is 9.52. The van der Waals surface area contributed by atoms with Crippen LogP contribution in [0.15, 0.2) is 18.2 Å². The van der Waals surface area contributed by atoms with Crippen molar-refractivity contribution in [2.45, 2.75) is 27.2 Å². The number of ether oxygens (including phenoxy) is 1. The summed E-state index contributed by atoms with van der Waals surface area (Å²) >= 11 is 1.35. The molecule has 6 heteroatoms. The number of rotatable bonds is 5. The fourth-order valence-corrected chi connectivity index (χ4v) is 2.41. The largest absolute Gasteiger partial charge is 0.493 e. The lowest BCUT2D eigenvalue weighted by atomic mass is 10.1. The second-order valence-electron chi connectivity index (χ2n) is 4.60. The standard InChI is InChI=1S/C14H17N3O2S/c1-9-6-10(2)8-12(7-9)19-5-4-13(18)15-14-17-16-11(3)20-14/h6-8H,4-5H2,1-3H3,(H,15,17,18). The molecule has 0 saturated heterocycles. The number of anilines is 1.